The molecule has 128 valence electrons. The second-order valence-electron chi connectivity index (χ2n) is 5.79. The number of carbonyl (C=O) groups excluding carboxylic acids is 1. The minimum absolute atomic E-state index is 0.310. The van der Waals surface area contributed by atoms with Gasteiger partial charge < -0.3 is 14.8 Å². The van der Waals surface area contributed by atoms with E-state index in [0.29, 0.717) is 31.7 Å². The third kappa shape index (κ3) is 3.26. The summed E-state index contributed by atoms with van der Waals surface area (Å²) in [5, 5.41) is 11.4. The zero-order valence-electron chi connectivity index (χ0n) is 14.0. The van der Waals surface area contributed by atoms with Gasteiger partial charge in [0.1, 0.15) is 0 Å². The minimum atomic E-state index is -0.924. The topological polar surface area (TPSA) is 78.3 Å². The van der Waals surface area contributed by atoms with Crippen molar-refractivity contribution in [1.82, 2.24) is 15.0 Å². The number of esters is 1. The highest BCUT2D eigenvalue weighted by Gasteiger charge is 2.45. The molecule has 0 aliphatic carbocycles. The van der Waals surface area contributed by atoms with Crippen LogP contribution in [0.25, 0.3) is 5.69 Å². The average Bonchev–Trinajstić information content (AvgIpc) is 3.26. The summed E-state index contributed by atoms with van der Waals surface area (Å²) >= 11 is 0. The van der Waals surface area contributed by atoms with Gasteiger partial charge in [-0.2, -0.15) is 0 Å². The molecule has 1 aromatic carbocycles. The smallest absolute Gasteiger partial charge is 0.338 e. The minimum Gasteiger partial charge on any atom is -0.464 e. The summed E-state index contributed by atoms with van der Waals surface area (Å²) in [4.78, 5) is 12.3. The second-order valence-corrected chi connectivity index (χ2v) is 5.79. The predicted octanol–water partition coefficient (Wildman–Crippen LogP) is 1.96. The van der Waals surface area contributed by atoms with Crippen molar-refractivity contribution in [3.05, 3.63) is 36.2 Å². The van der Waals surface area contributed by atoms with Gasteiger partial charge in [0.2, 0.25) is 0 Å². The monoisotopic (exact) mass is 330 g/mol. The molecule has 0 saturated carbocycles. The van der Waals surface area contributed by atoms with Crippen molar-refractivity contribution in [2.45, 2.75) is 31.8 Å². The number of hydrogen-bond donors (Lipinski definition) is 1. The average molecular weight is 330 g/mol. The molecule has 0 radical (unpaired) electrons. The Bertz CT molecular complexity index is 690. The quantitative estimate of drug-likeness (QED) is 0.816. The first-order valence-electron chi connectivity index (χ1n) is 8.17. The van der Waals surface area contributed by atoms with E-state index >= 15 is 0 Å². The van der Waals surface area contributed by atoms with Crippen molar-refractivity contribution >= 4 is 11.7 Å². The van der Waals surface area contributed by atoms with Crippen LogP contribution in [0.1, 0.15) is 25.5 Å². The molecule has 1 saturated heterocycles. The van der Waals surface area contributed by atoms with Crippen LogP contribution in [0.3, 0.4) is 0 Å². The molecular formula is C17H22N4O3. The Kier molecular flexibility index (Phi) is 4.80. The van der Waals surface area contributed by atoms with Crippen LogP contribution < -0.4 is 5.32 Å². The highest BCUT2D eigenvalue weighted by Crippen LogP contribution is 2.30. The van der Waals surface area contributed by atoms with E-state index in [0.717, 1.165) is 17.8 Å². The molecule has 1 N–H and O–H groups in total. The lowest BCUT2D eigenvalue weighted by atomic mass is 9.94. The van der Waals surface area contributed by atoms with Crippen LogP contribution in [0.15, 0.2) is 30.5 Å². The fourth-order valence-electron chi connectivity index (χ4n) is 2.91. The predicted molar refractivity (Wildman–Crippen MR) is 89.2 cm³/mol. The van der Waals surface area contributed by atoms with Crippen LogP contribution in [0.5, 0.6) is 0 Å². The Morgan fingerprint density at radius 3 is 2.83 bits per heavy atom. The second kappa shape index (κ2) is 7.00. The first-order chi connectivity index (χ1) is 11.7. The van der Waals surface area contributed by atoms with Gasteiger partial charge in [-0.3, -0.25) is 0 Å². The largest absolute Gasteiger partial charge is 0.464 e. The normalized spacial score (nSPS) is 20.1. The lowest BCUT2D eigenvalue weighted by Crippen LogP contribution is -2.41. The molecule has 2 aromatic rings. The molecule has 7 heteroatoms. The van der Waals surface area contributed by atoms with Crippen LogP contribution in [-0.4, -0.2) is 46.8 Å². The Hall–Kier alpha value is -2.41. The highest BCUT2D eigenvalue weighted by molar-refractivity contribution is 5.80. The number of rotatable bonds is 6. The van der Waals surface area contributed by atoms with Gasteiger partial charge >= 0.3 is 5.97 Å². The maximum Gasteiger partial charge on any atom is 0.338 e. The van der Waals surface area contributed by atoms with E-state index in [-0.39, 0.29) is 5.97 Å². The van der Waals surface area contributed by atoms with Gasteiger partial charge in [-0.1, -0.05) is 5.21 Å². The van der Waals surface area contributed by atoms with E-state index < -0.39 is 5.60 Å². The summed E-state index contributed by atoms with van der Waals surface area (Å²) in [7, 11) is 1.87. The van der Waals surface area contributed by atoms with Crippen molar-refractivity contribution in [1.29, 1.82) is 0 Å². The molecule has 1 aliphatic rings. The third-order valence-electron chi connectivity index (χ3n) is 4.18. The van der Waals surface area contributed by atoms with E-state index in [2.05, 4.69) is 15.6 Å². The summed E-state index contributed by atoms with van der Waals surface area (Å²) in [6.45, 7) is 2.71. The van der Waals surface area contributed by atoms with E-state index in [4.69, 9.17) is 9.47 Å². The standard InChI is InChI=1S/C17H22N4O3/c1-3-23-16(22)17(9-4-10-24-17)11-14-12-21(20-19-14)15-7-5-13(18-2)6-8-15/h5-8,12,18H,3-4,9-11H2,1-2H3. The van der Waals surface area contributed by atoms with Gasteiger partial charge in [0.25, 0.3) is 0 Å². The van der Waals surface area contributed by atoms with Gasteiger partial charge in [-0.15, -0.1) is 5.10 Å². The van der Waals surface area contributed by atoms with E-state index in [1.807, 2.05) is 37.5 Å². The Morgan fingerprint density at radius 1 is 1.42 bits per heavy atom. The van der Waals surface area contributed by atoms with E-state index in [1.54, 1.807) is 11.6 Å². The number of nitrogens with zero attached hydrogens (tertiary/aromatic N) is 3. The van der Waals surface area contributed by atoms with Crippen LogP contribution in [0, 0.1) is 0 Å². The van der Waals surface area contributed by atoms with E-state index in [9.17, 15) is 4.79 Å². The van der Waals surface area contributed by atoms with Gasteiger partial charge in [-0.05, 0) is 44.0 Å². The van der Waals surface area contributed by atoms with Crippen LogP contribution in [0.4, 0.5) is 5.69 Å². The lowest BCUT2D eigenvalue weighted by Gasteiger charge is -2.24. The lowest BCUT2D eigenvalue weighted by molar-refractivity contribution is -0.166. The molecule has 0 spiro atoms. The summed E-state index contributed by atoms with van der Waals surface area (Å²) < 4.78 is 12.6. The fourth-order valence-corrected chi connectivity index (χ4v) is 2.91. The molecule has 1 aromatic heterocycles. The van der Waals surface area contributed by atoms with Gasteiger partial charge in [0.05, 0.1) is 24.2 Å². The Labute approximate surface area is 141 Å². The number of carbonyl (C=O) groups is 1. The van der Waals surface area contributed by atoms with Crippen molar-refractivity contribution in [3.8, 4) is 5.69 Å². The van der Waals surface area contributed by atoms with Crippen LogP contribution >= 0.6 is 0 Å². The number of nitrogens with one attached hydrogen (secondary N) is 1. The maximum atomic E-state index is 12.3. The fraction of sp³-hybridized carbons (Fsp3) is 0.471. The van der Waals surface area contributed by atoms with Crippen molar-refractivity contribution in [2.75, 3.05) is 25.6 Å². The number of hydrogen-bond acceptors (Lipinski definition) is 6. The zero-order chi connectivity index (χ0) is 17.0. The third-order valence-corrected chi connectivity index (χ3v) is 4.18. The molecule has 1 aliphatic heterocycles. The van der Waals surface area contributed by atoms with Crippen molar-refractivity contribution in [2.24, 2.45) is 0 Å². The molecule has 7 nitrogen and oxygen atoms in total. The maximum absolute atomic E-state index is 12.3. The molecule has 0 bridgehead atoms. The molecule has 3 rings (SSSR count). The first kappa shape index (κ1) is 16.4. The van der Waals surface area contributed by atoms with Gasteiger partial charge in [0, 0.05) is 25.8 Å². The molecule has 2 heterocycles. The summed E-state index contributed by atoms with van der Waals surface area (Å²) in [6.07, 6.45) is 3.70. The van der Waals surface area contributed by atoms with Crippen LogP contribution in [-0.2, 0) is 20.7 Å². The molecule has 1 unspecified atom stereocenters. The summed E-state index contributed by atoms with van der Waals surface area (Å²) in [5.41, 5.74) is 1.72. The zero-order valence-corrected chi connectivity index (χ0v) is 14.0. The summed E-state index contributed by atoms with van der Waals surface area (Å²) in [6, 6.07) is 7.85. The van der Waals surface area contributed by atoms with Gasteiger partial charge in [0.15, 0.2) is 5.60 Å². The highest BCUT2D eigenvalue weighted by atomic mass is 16.6. The van der Waals surface area contributed by atoms with Crippen molar-refractivity contribution < 1.29 is 14.3 Å². The van der Waals surface area contributed by atoms with Crippen LogP contribution in [0.2, 0.25) is 0 Å². The number of anilines is 1. The summed E-state index contributed by atoms with van der Waals surface area (Å²) in [5.74, 6) is -0.310. The molecule has 24 heavy (non-hydrogen) atoms. The Balaban J connectivity index is 1.78. The molecule has 1 atom stereocenters. The number of ether oxygens (including phenoxy) is 2. The van der Waals surface area contributed by atoms with Crippen molar-refractivity contribution in [3.63, 3.8) is 0 Å². The Morgan fingerprint density at radius 2 is 2.21 bits per heavy atom. The molecule has 0 amide bonds. The first-order valence-corrected chi connectivity index (χ1v) is 8.17. The number of aromatic nitrogens is 3. The molecule has 1 fully saturated rings. The van der Waals surface area contributed by atoms with E-state index in [1.165, 1.54) is 0 Å². The SMILES string of the molecule is CCOC(=O)C1(Cc2cn(-c3ccc(NC)cc3)nn2)CCCO1. The van der Waals surface area contributed by atoms with Gasteiger partial charge in [-0.25, -0.2) is 9.48 Å². The molecular weight excluding hydrogens is 308 g/mol. The number of benzene rings is 1.